The molecular weight excluding hydrogens is 204 g/mol. The van der Waals surface area contributed by atoms with Gasteiger partial charge in [-0.2, -0.15) is 0 Å². The van der Waals surface area contributed by atoms with Crippen LogP contribution in [0.5, 0.6) is 0 Å². The number of unbranched alkanes of at least 4 members (excludes halogenated alkanes) is 4. The zero-order valence-corrected chi connectivity index (χ0v) is 9.87. The lowest BCUT2D eigenvalue weighted by molar-refractivity contribution is -0.134. The SMILES string of the molecule is C=C1C=C([C@H](O)CCCCCCC)C(=O)O1. The summed E-state index contributed by atoms with van der Waals surface area (Å²) in [5.41, 5.74) is 0.348. The average molecular weight is 224 g/mol. The van der Waals surface area contributed by atoms with E-state index in [1.807, 2.05) is 0 Å². The van der Waals surface area contributed by atoms with Gasteiger partial charge < -0.3 is 9.84 Å². The Hall–Kier alpha value is -1.09. The fourth-order valence-corrected chi connectivity index (χ4v) is 1.77. The molecule has 1 heterocycles. The largest absolute Gasteiger partial charge is 0.424 e. The minimum atomic E-state index is -0.701. The van der Waals surface area contributed by atoms with Gasteiger partial charge in [-0.1, -0.05) is 45.6 Å². The van der Waals surface area contributed by atoms with E-state index in [0.717, 1.165) is 12.8 Å². The minimum Gasteiger partial charge on any atom is -0.424 e. The van der Waals surface area contributed by atoms with Gasteiger partial charge in [-0.3, -0.25) is 0 Å². The van der Waals surface area contributed by atoms with Crippen LogP contribution < -0.4 is 0 Å². The molecule has 1 aliphatic rings. The molecule has 0 aromatic carbocycles. The number of hydrogen-bond acceptors (Lipinski definition) is 3. The van der Waals surface area contributed by atoms with Crippen molar-refractivity contribution in [2.24, 2.45) is 0 Å². The topological polar surface area (TPSA) is 46.5 Å². The predicted molar refractivity (Wildman–Crippen MR) is 62.7 cm³/mol. The van der Waals surface area contributed by atoms with Crippen LogP contribution in [0, 0.1) is 0 Å². The van der Waals surface area contributed by atoms with E-state index < -0.39 is 12.1 Å². The molecule has 3 nitrogen and oxygen atoms in total. The molecule has 0 radical (unpaired) electrons. The lowest BCUT2D eigenvalue weighted by Gasteiger charge is -2.08. The van der Waals surface area contributed by atoms with Gasteiger partial charge in [0, 0.05) is 0 Å². The van der Waals surface area contributed by atoms with Crippen molar-refractivity contribution in [2.45, 2.75) is 51.6 Å². The maximum Gasteiger partial charge on any atom is 0.342 e. The van der Waals surface area contributed by atoms with Crippen LogP contribution in [0.3, 0.4) is 0 Å². The van der Waals surface area contributed by atoms with Crippen molar-refractivity contribution >= 4 is 5.97 Å². The Morgan fingerprint density at radius 3 is 2.62 bits per heavy atom. The van der Waals surface area contributed by atoms with Crippen molar-refractivity contribution in [3.63, 3.8) is 0 Å². The zero-order valence-electron chi connectivity index (χ0n) is 9.87. The molecule has 0 fully saturated rings. The summed E-state index contributed by atoms with van der Waals surface area (Å²) in [5.74, 6) is -0.129. The minimum absolute atomic E-state index is 0.324. The Morgan fingerprint density at radius 1 is 1.38 bits per heavy atom. The number of rotatable bonds is 7. The second-order valence-corrected chi connectivity index (χ2v) is 4.17. The van der Waals surface area contributed by atoms with E-state index in [1.165, 1.54) is 25.3 Å². The molecule has 0 unspecified atom stereocenters. The summed E-state index contributed by atoms with van der Waals surface area (Å²) in [7, 11) is 0. The standard InChI is InChI=1S/C13H20O3/c1-3-4-5-6-7-8-12(14)11-9-10(2)16-13(11)15/h9,12,14H,2-8H2,1H3/t12-/m1/s1. The lowest BCUT2D eigenvalue weighted by atomic mass is 10.0. The molecule has 1 aliphatic heterocycles. The van der Waals surface area contributed by atoms with E-state index in [9.17, 15) is 9.90 Å². The number of allylic oxidation sites excluding steroid dienone is 1. The highest BCUT2D eigenvalue weighted by Gasteiger charge is 2.25. The van der Waals surface area contributed by atoms with Crippen LogP contribution in [0.15, 0.2) is 24.0 Å². The fraction of sp³-hybridized carbons (Fsp3) is 0.615. The van der Waals surface area contributed by atoms with Crippen LogP contribution in [0.4, 0.5) is 0 Å². The smallest absolute Gasteiger partial charge is 0.342 e. The van der Waals surface area contributed by atoms with Crippen molar-refractivity contribution in [3.8, 4) is 0 Å². The fourth-order valence-electron chi connectivity index (χ4n) is 1.77. The highest BCUT2D eigenvalue weighted by Crippen LogP contribution is 2.21. The summed E-state index contributed by atoms with van der Waals surface area (Å²) in [6.07, 6.45) is 7.13. The first kappa shape index (κ1) is 13.0. The number of ether oxygens (including phenoxy) is 1. The molecule has 0 saturated carbocycles. The predicted octanol–water partition coefficient (Wildman–Crippen LogP) is 2.70. The third kappa shape index (κ3) is 3.81. The molecule has 0 aromatic heterocycles. The van der Waals surface area contributed by atoms with Crippen LogP contribution in [-0.2, 0) is 9.53 Å². The number of esters is 1. The highest BCUT2D eigenvalue weighted by molar-refractivity contribution is 5.93. The van der Waals surface area contributed by atoms with Gasteiger partial charge in [0.15, 0.2) is 0 Å². The summed E-state index contributed by atoms with van der Waals surface area (Å²) in [6.45, 7) is 5.69. The van der Waals surface area contributed by atoms with Crippen LogP contribution >= 0.6 is 0 Å². The van der Waals surface area contributed by atoms with Gasteiger partial charge in [0.2, 0.25) is 0 Å². The monoisotopic (exact) mass is 224 g/mol. The highest BCUT2D eigenvalue weighted by atomic mass is 16.5. The van der Waals surface area contributed by atoms with Crippen LogP contribution in [0.2, 0.25) is 0 Å². The Kier molecular flexibility index (Phi) is 5.26. The third-order valence-corrected chi connectivity index (χ3v) is 2.72. The van der Waals surface area contributed by atoms with E-state index in [-0.39, 0.29) is 0 Å². The molecular formula is C13H20O3. The molecule has 0 aliphatic carbocycles. The molecule has 0 amide bonds. The molecule has 16 heavy (non-hydrogen) atoms. The first-order chi connectivity index (χ1) is 7.65. The van der Waals surface area contributed by atoms with Gasteiger partial charge in [0.05, 0.1) is 11.7 Å². The second-order valence-electron chi connectivity index (χ2n) is 4.17. The Balaban J connectivity index is 2.25. The van der Waals surface area contributed by atoms with Gasteiger partial charge in [-0.25, -0.2) is 4.79 Å². The molecule has 0 saturated heterocycles. The number of aliphatic hydroxyl groups is 1. The normalized spacial score (nSPS) is 17.2. The summed E-state index contributed by atoms with van der Waals surface area (Å²) >= 11 is 0. The van der Waals surface area contributed by atoms with Crippen molar-refractivity contribution < 1.29 is 14.6 Å². The Morgan fingerprint density at radius 2 is 2.06 bits per heavy atom. The van der Waals surface area contributed by atoms with E-state index in [1.54, 1.807) is 0 Å². The summed E-state index contributed by atoms with van der Waals surface area (Å²) < 4.78 is 4.75. The van der Waals surface area contributed by atoms with E-state index in [0.29, 0.717) is 17.8 Å². The molecule has 0 bridgehead atoms. The van der Waals surface area contributed by atoms with Gasteiger partial charge in [-0.05, 0) is 12.5 Å². The van der Waals surface area contributed by atoms with E-state index >= 15 is 0 Å². The lowest BCUT2D eigenvalue weighted by Crippen LogP contribution is -2.15. The van der Waals surface area contributed by atoms with Gasteiger partial charge in [0.25, 0.3) is 0 Å². The molecule has 3 heteroatoms. The maximum atomic E-state index is 11.2. The van der Waals surface area contributed by atoms with E-state index in [4.69, 9.17) is 4.74 Å². The number of aliphatic hydroxyl groups excluding tert-OH is 1. The average Bonchev–Trinajstić information content (AvgIpc) is 2.57. The van der Waals surface area contributed by atoms with Crippen LogP contribution in [0.25, 0.3) is 0 Å². The van der Waals surface area contributed by atoms with Gasteiger partial charge in [0.1, 0.15) is 5.76 Å². The molecule has 1 rings (SSSR count). The van der Waals surface area contributed by atoms with Crippen molar-refractivity contribution in [3.05, 3.63) is 24.0 Å². The first-order valence-corrected chi connectivity index (χ1v) is 5.96. The van der Waals surface area contributed by atoms with E-state index in [2.05, 4.69) is 13.5 Å². The summed E-state index contributed by atoms with van der Waals surface area (Å²) in [6, 6.07) is 0. The van der Waals surface area contributed by atoms with Crippen molar-refractivity contribution in [2.75, 3.05) is 0 Å². The molecule has 0 spiro atoms. The second kappa shape index (κ2) is 6.48. The number of hydrogen-bond donors (Lipinski definition) is 1. The Bertz CT molecular complexity index is 292. The maximum absolute atomic E-state index is 11.2. The molecule has 0 aromatic rings. The van der Waals surface area contributed by atoms with Crippen LogP contribution in [0.1, 0.15) is 45.4 Å². The van der Waals surface area contributed by atoms with Gasteiger partial charge in [-0.15, -0.1) is 0 Å². The summed E-state index contributed by atoms with van der Waals surface area (Å²) in [5, 5.41) is 9.78. The molecule has 1 N–H and O–H groups in total. The zero-order chi connectivity index (χ0) is 12.0. The number of carbonyl (C=O) groups is 1. The van der Waals surface area contributed by atoms with Crippen molar-refractivity contribution in [1.82, 2.24) is 0 Å². The van der Waals surface area contributed by atoms with Crippen LogP contribution in [-0.4, -0.2) is 17.2 Å². The first-order valence-electron chi connectivity index (χ1n) is 5.96. The number of carbonyl (C=O) groups excluding carboxylic acids is 1. The third-order valence-electron chi connectivity index (χ3n) is 2.72. The van der Waals surface area contributed by atoms with Crippen molar-refractivity contribution in [1.29, 1.82) is 0 Å². The number of cyclic esters (lactones) is 1. The molecule has 1 atom stereocenters. The summed E-state index contributed by atoms with van der Waals surface area (Å²) in [4.78, 5) is 11.2. The Labute approximate surface area is 96.8 Å². The molecule has 90 valence electrons. The van der Waals surface area contributed by atoms with Gasteiger partial charge >= 0.3 is 5.97 Å². The quantitative estimate of drug-likeness (QED) is 0.534.